The van der Waals surface area contributed by atoms with Crippen LogP contribution >= 0.6 is 0 Å². The highest BCUT2D eigenvalue weighted by atomic mass is 16.5. The van der Waals surface area contributed by atoms with Crippen LogP contribution in [0.2, 0.25) is 0 Å². The van der Waals surface area contributed by atoms with Gasteiger partial charge in [0.05, 0.1) is 0 Å². The summed E-state index contributed by atoms with van der Waals surface area (Å²) in [5.74, 6) is 3.43. The summed E-state index contributed by atoms with van der Waals surface area (Å²) in [6, 6.07) is 0. The first-order valence-corrected chi connectivity index (χ1v) is 5.15. The highest BCUT2D eigenvalue weighted by Gasteiger charge is 2.14. The van der Waals surface area contributed by atoms with Crippen LogP contribution in [0.3, 0.4) is 0 Å². The van der Waals surface area contributed by atoms with Gasteiger partial charge in [-0.05, 0) is 38.3 Å². The lowest BCUT2D eigenvalue weighted by Gasteiger charge is -2.07. The normalized spacial score (nSPS) is 21.6. The largest absolute Gasteiger partial charge is 0.381 e. The molecular weight excluding hydrogens is 162 g/mol. The van der Waals surface area contributed by atoms with Gasteiger partial charge in [0.15, 0.2) is 0 Å². The molecule has 0 saturated carbocycles. The van der Waals surface area contributed by atoms with Crippen LogP contribution in [-0.2, 0) is 4.74 Å². The second-order valence-electron chi connectivity index (χ2n) is 3.58. The molecule has 0 radical (unpaired) electrons. The van der Waals surface area contributed by atoms with Gasteiger partial charge in [-0.15, -0.1) is 12.3 Å². The van der Waals surface area contributed by atoms with Crippen molar-refractivity contribution in [2.75, 3.05) is 26.3 Å². The molecule has 2 nitrogen and oxygen atoms in total. The molecule has 0 bridgehead atoms. The lowest BCUT2D eigenvalue weighted by molar-refractivity contribution is 0.184. The van der Waals surface area contributed by atoms with Crippen LogP contribution in [0.1, 0.15) is 25.7 Å². The Bertz CT molecular complexity index is 156. The van der Waals surface area contributed by atoms with Gasteiger partial charge in [0, 0.05) is 19.6 Å². The highest BCUT2D eigenvalue weighted by molar-refractivity contribution is 4.83. The van der Waals surface area contributed by atoms with E-state index in [2.05, 4.69) is 11.2 Å². The first kappa shape index (κ1) is 10.6. The average molecular weight is 181 g/mol. The molecule has 0 aliphatic carbocycles. The Kier molecular flexibility index (Phi) is 5.64. The minimum Gasteiger partial charge on any atom is -0.381 e. The van der Waals surface area contributed by atoms with Crippen molar-refractivity contribution in [1.82, 2.24) is 5.32 Å². The molecular formula is C11H19NO. The molecule has 1 rings (SSSR count). The van der Waals surface area contributed by atoms with Gasteiger partial charge < -0.3 is 10.1 Å². The minimum atomic E-state index is 0.792. The first-order chi connectivity index (χ1) is 6.43. The number of terminal acetylenes is 1. The van der Waals surface area contributed by atoms with Crippen molar-refractivity contribution >= 4 is 0 Å². The Hall–Kier alpha value is -0.520. The van der Waals surface area contributed by atoms with Crippen molar-refractivity contribution in [3.63, 3.8) is 0 Å². The second kappa shape index (κ2) is 6.94. The average Bonchev–Trinajstić information content (AvgIpc) is 2.63. The van der Waals surface area contributed by atoms with E-state index in [1.807, 2.05) is 0 Å². The molecule has 1 heterocycles. The molecule has 0 aromatic heterocycles. The molecule has 0 spiro atoms. The zero-order valence-corrected chi connectivity index (χ0v) is 8.22. The van der Waals surface area contributed by atoms with Gasteiger partial charge in [0.1, 0.15) is 0 Å². The van der Waals surface area contributed by atoms with Gasteiger partial charge in [-0.1, -0.05) is 0 Å². The fourth-order valence-corrected chi connectivity index (χ4v) is 1.56. The molecule has 0 aromatic rings. The maximum atomic E-state index is 5.30. The summed E-state index contributed by atoms with van der Waals surface area (Å²) in [6.45, 7) is 4.09. The Morgan fingerprint density at radius 1 is 1.46 bits per heavy atom. The Balaban J connectivity index is 1.81. The summed E-state index contributed by atoms with van der Waals surface area (Å²) in [7, 11) is 0. The number of hydrogen-bond acceptors (Lipinski definition) is 2. The maximum Gasteiger partial charge on any atom is 0.0495 e. The molecule has 1 atom stereocenters. The molecule has 74 valence electrons. The lowest BCUT2D eigenvalue weighted by Crippen LogP contribution is -2.19. The van der Waals surface area contributed by atoms with E-state index in [0.29, 0.717) is 0 Å². The number of hydrogen-bond donors (Lipinski definition) is 1. The Morgan fingerprint density at radius 2 is 2.38 bits per heavy atom. The van der Waals surface area contributed by atoms with Crippen LogP contribution in [0.5, 0.6) is 0 Å². The molecule has 2 heteroatoms. The number of ether oxygens (including phenoxy) is 1. The predicted octanol–water partition coefficient (Wildman–Crippen LogP) is 1.42. The summed E-state index contributed by atoms with van der Waals surface area (Å²) < 4.78 is 5.30. The summed E-state index contributed by atoms with van der Waals surface area (Å²) in [5.41, 5.74) is 0. The number of nitrogens with one attached hydrogen (secondary N) is 1. The van der Waals surface area contributed by atoms with Gasteiger partial charge >= 0.3 is 0 Å². The molecule has 1 unspecified atom stereocenters. The fraction of sp³-hybridized carbons (Fsp3) is 0.818. The fourth-order valence-electron chi connectivity index (χ4n) is 1.56. The van der Waals surface area contributed by atoms with Crippen LogP contribution in [0.25, 0.3) is 0 Å². The van der Waals surface area contributed by atoms with Gasteiger partial charge in [-0.25, -0.2) is 0 Å². The van der Waals surface area contributed by atoms with Crippen LogP contribution in [0.4, 0.5) is 0 Å². The molecule has 1 N–H and O–H groups in total. The van der Waals surface area contributed by atoms with E-state index in [9.17, 15) is 0 Å². The second-order valence-corrected chi connectivity index (χ2v) is 3.58. The topological polar surface area (TPSA) is 21.3 Å². The van der Waals surface area contributed by atoms with E-state index in [4.69, 9.17) is 11.2 Å². The van der Waals surface area contributed by atoms with Gasteiger partial charge in [-0.2, -0.15) is 0 Å². The Morgan fingerprint density at radius 3 is 3.08 bits per heavy atom. The number of unbranched alkanes of at least 4 members (excludes halogenated alkanes) is 1. The third-order valence-corrected chi connectivity index (χ3v) is 2.43. The van der Waals surface area contributed by atoms with E-state index < -0.39 is 0 Å². The highest BCUT2D eigenvalue weighted by Crippen LogP contribution is 2.14. The summed E-state index contributed by atoms with van der Waals surface area (Å²) >= 11 is 0. The van der Waals surface area contributed by atoms with Crippen molar-refractivity contribution in [2.45, 2.75) is 25.7 Å². The van der Waals surface area contributed by atoms with Crippen LogP contribution < -0.4 is 5.32 Å². The lowest BCUT2D eigenvalue weighted by atomic mass is 10.1. The molecule has 1 saturated heterocycles. The van der Waals surface area contributed by atoms with E-state index >= 15 is 0 Å². The molecule has 1 aliphatic heterocycles. The first-order valence-electron chi connectivity index (χ1n) is 5.15. The summed E-state index contributed by atoms with van der Waals surface area (Å²) in [5, 5.41) is 3.40. The van der Waals surface area contributed by atoms with Crippen molar-refractivity contribution in [3.8, 4) is 12.3 Å². The third-order valence-electron chi connectivity index (χ3n) is 2.43. The molecule has 1 fully saturated rings. The van der Waals surface area contributed by atoms with E-state index in [1.54, 1.807) is 0 Å². The minimum absolute atomic E-state index is 0.792. The van der Waals surface area contributed by atoms with Crippen molar-refractivity contribution < 1.29 is 4.74 Å². The molecule has 1 aliphatic rings. The zero-order valence-electron chi connectivity index (χ0n) is 8.22. The summed E-state index contributed by atoms with van der Waals surface area (Å²) in [4.78, 5) is 0. The Labute approximate surface area is 81.0 Å². The zero-order chi connectivity index (χ0) is 9.36. The standard InChI is InChI=1S/C11H19NO/c1-2-3-4-7-12-8-5-11-6-9-13-10-11/h1,11-12H,3-10H2. The number of rotatable bonds is 6. The van der Waals surface area contributed by atoms with Gasteiger partial charge in [-0.3, -0.25) is 0 Å². The maximum absolute atomic E-state index is 5.30. The van der Waals surface area contributed by atoms with E-state index in [-0.39, 0.29) is 0 Å². The van der Waals surface area contributed by atoms with E-state index in [1.165, 1.54) is 12.8 Å². The smallest absolute Gasteiger partial charge is 0.0495 e. The third kappa shape index (κ3) is 4.92. The van der Waals surface area contributed by atoms with Crippen LogP contribution in [0.15, 0.2) is 0 Å². The monoisotopic (exact) mass is 181 g/mol. The SMILES string of the molecule is C#CCCCNCCC1CCOC1. The van der Waals surface area contributed by atoms with Crippen LogP contribution in [0, 0.1) is 18.3 Å². The predicted molar refractivity (Wildman–Crippen MR) is 54.5 cm³/mol. The van der Waals surface area contributed by atoms with Crippen LogP contribution in [-0.4, -0.2) is 26.3 Å². The molecule has 0 amide bonds. The molecule has 13 heavy (non-hydrogen) atoms. The van der Waals surface area contributed by atoms with Gasteiger partial charge in [0.25, 0.3) is 0 Å². The molecule has 0 aromatic carbocycles. The quantitative estimate of drug-likeness (QED) is 0.494. The van der Waals surface area contributed by atoms with Crippen molar-refractivity contribution in [3.05, 3.63) is 0 Å². The summed E-state index contributed by atoms with van der Waals surface area (Å²) in [6.07, 6.45) is 9.62. The van der Waals surface area contributed by atoms with Gasteiger partial charge in [0.2, 0.25) is 0 Å². The van der Waals surface area contributed by atoms with Crippen molar-refractivity contribution in [1.29, 1.82) is 0 Å². The van der Waals surface area contributed by atoms with Crippen molar-refractivity contribution in [2.24, 2.45) is 5.92 Å². The van der Waals surface area contributed by atoms with E-state index in [0.717, 1.165) is 45.1 Å².